The molecule has 1 N–H and O–H groups in total. The third kappa shape index (κ3) is 4.72. The smallest absolute Gasteiger partial charge is 0.255 e. The van der Waals surface area contributed by atoms with E-state index >= 15 is 0 Å². The van der Waals surface area contributed by atoms with Crippen molar-refractivity contribution < 1.29 is 18.0 Å². The lowest BCUT2D eigenvalue weighted by molar-refractivity contribution is -0.126. The summed E-state index contributed by atoms with van der Waals surface area (Å²) < 4.78 is 23.3. The minimum Gasteiger partial charge on any atom is -0.350 e. The summed E-state index contributed by atoms with van der Waals surface area (Å²) in [6.07, 6.45) is 1.15. The summed E-state index contributed by atoms with van der Waals surface area (Å²) in [6.45, 7) is 0.478. The standard InChI is InChI=1S/C20H21ClN2O4S/c1-28(26,27)11-10-18(19(24)22-12-14-6-3-5-9-17(14)21)23-13-15-7-2-4-8-16(15)20(23)25/h2-9,18H,10-13H2,1H3,(H,22,24)/t18-/m1/s1. The first kappa shape index (κ1) is 20.4. The fourth-order valence-corrected chi connectivity index (χ4v) is 4.08. The maximum absolute atomic E-state index is 12.9. The highest BCUT2D eigenvalue weighted by molar-refractivity contribution is 7.90. The van der Waals surface area contributed by atoms with Crippen LogP contribution in [0, 0.1) is 0 Å². The average Bonchev–Trinajstić information content (AvgIpc) is 2.97. The summed E-state index contributed by atoms with van der Waals surface area (Å²) >= 11 is 6.12. The number of sulfone groups is 1. The molecule has 0 spiro atoms. The van der Waals surface area contributed by atoms with E-state index < -0.39 is 21.8 Å². The van der Waals surface area contributed by atoms with Crippen LogP contribution >= 0.6 is 11.6 Å². The average molecular weight is 421 g/mol. The van der Waals surface area contributed by atoms with Crippen molar-refractivity contribution in [1.29, 1.82) is 0 Å². The number of rotatable bonds is 7. The summed E-state index contributed by atoms with van der Waals surface area (Å²) in [4.78, 5) is 27.1. The van der Waals surface area contributed by atoms with Crippen molar-refractivity contribution in [3.8, 4) is 0 Å². The van der Waals surface area contributed by atoms with E-state index in [-0.39, 0.29) is 31.2 Å². The summed E-state index contributed by atoms with van der Waals surface area (Å²) in [5, 5.41) is 3.32. The zero-order valence-corrected chi connectivity index (χ0v) is 17.0. The number of hydrogen-bond donors (Lipinski definition) is 1. The molecule has 0 radical (unpaired) electrons. The van der Waals surface area contributed by atoms with E-state index in [0.717, 1.165) is 17.4 Å². The fourth-order valence-electron chi connectivity index (χ4n) is 3.22. The van der Waals surface area contributed by atoms with Gasteiger partial charge in [0.2, 0.25) is 5.91 Å². The molecule has 1 aliphatic heterocycles. The van der Waals surface area contributed by atoms with E-state index in [1.165, 1.54) is 4.90 Å². The molecule has 148 valence electrons. The van der Waals surface area contributed by atoms with Crippen molar-refractivity contribution >= 4 is 33.3 Å². The highest BCUT2D eigenvalue weighted by atomic mass is 35.5. The van der Waals surface area contributed by atoms with Crippen LogP contribution in [0.25, 0.3) is 0 Å². The first-order valence-electron chi connectivity index (χ1n) is 8.84. The normalized spacial score (nSPS) is 14.6. The van der Waals surface area contributed by atoms with Crippen molar-refractivity contribution in [2.45, 2.75) is 25.6 Å². The van der Waals surface area contributed by atoms with Gasteiger partial charge in [-0.3, -0.25) is 9.59 Å². The summed E-state index contributed by atoms with van der Waals surface area (Å²) in [6, 6.07) is 13.4. The highest BCUT2D eigenvalue weighted by Crippen LogP contribution is 2.26. The van der Waals surface area contributed by atoms with Crippen LogP contribution in [0.1, 0.15) is 27.9 Å². The molecule has 3 rings (SSSR count). The van der Waals surface area contributed by atoms with Crippen molar-refractivity contribution in [2.24, 2.45) is 0 Å². The van der Waals surface area contributed by atoms with Gasteiger partial charge in [0, 0.05) is 29.9 Å². The third-order valence-electron chi connectivity index (χ3n) is 4.70. The molecule has 1 aliphatic rings. The van der Waals surface area contributed by atoms with Crippen LogP contribution in [0.15, 0.2) is 48.5 Å². The molecular formula is C20H21ClN2O4S. The topological polar surface area (TPSA) is 83.6 Å². The lowest BCUT2D eigenvalue weighted by Gasteiger charge is -2.27. The second-order valence-electron chi connectivity index (χ2n) is 6.83. The van der Waals surface area contributed by atoms with Gasteiger partial charge in [-0.15, -0.1) is 0 Å². The van der Waals surface area contributed by atoms with Gasteiger partial charge in [-0.1, -0.05) is 48.0 Å². The van der Waals surface area contributed by atoms with Gasteiger partial charge >= 0.3 is 0 Å². The molecule has 6 nitrogen and oxygen atoms in total. The number of amides is 2. The quantitative estimate of drug-likeness (QED) is 0.745. The molecule has 1 heterocycles. The van der Waals surface area contributed by atoms with E-state index in [2.05, 4.69) is 5.32 Å². The molecule has 2 aromatic carbocycles. The number of nitrogens with one attached hydrogen (secondary N) is 1. The van der Waals surface area contributed by atoms with E-state index in [1.54, 1.807) is 30.3 Å². The molecule has 0 aliphatic carbocycles. The van der Waals surface area contributed by atoms with Crippen LogP contribution in [0.3, 0.4) is 0 Å². The van der Waals surface area contributed by atoms with E-state index in [1.807, 2.05) is 18.2 Å². The van der Waals surface area contributed by atoms with Crippen LogP contribution in [0.4, 0.5) is 0 Å². The van der Waals surface area contributed by atoms with E-state index in [4.69, 9.17) is 11.6 Å². The maximum atomic E-state index is 12.9. The van der Waals surface area contributed by atoms with Crippen LogP contribution in [-0.2, 0) is 27.7 Å². The number of benzene rings is 2. The van der Waals surface area contributed by atoms with E-state index in [0.29, 0.717) is 10.6 Å². The monoisotopic (exact) mass is 420 g/mol. The molecule has 0 saturated heterocycles. The van der Waals surface area contributed by atoms with Crippen molar-refractivity contribution in [2.75, 3.05) is 12.0 Å². The summed E-state index contributed by atoms with van der Waals surface area (Å²) in [5.41, 5.74) is 2.12. The predicted octanol–water partition coefficient (Wildman–Crippen LogP) is 2.42. The molecule has 2 aromatic rings. The molecule has 0 unspecified atom stereocenters. The minimum atomic E-state index is -3.28. The lowest BCUT2D eigenvalue weighted by Crippen LogP contribution is -2.47. The van der Waals surface area contributed by atoms with E-state index in [9.17, 15) is 18.0 Å². The van der Waals surface area contributed by atoms with Crippen LogP contribution in [-0.4, -0.2) is 43.2 Å². The molecular weight excluding hydrogens is 400 g/mol. The maximum Gasteiger partial charge on any atom is 0.255 e. The Morgan fingerprint density at radius 2 is 1.86 bits per heavy atom. The Morgan fingerprint density at radius 3 is 2.54 bits per heavy atom. The Balaban J connectivity index is 1.78. The first-order valence-corrected chi connectivity index (χ1v) is 11.3. The fraction of sp³-hybridized carbons (Fsp3) is 0.300. The molecule has 0 fully saturated rings. The largest absolute Gasteiger partial charge is 0.350 e. The van der Waals surface area contributed by atoms with Gasteiger partial charge in [0.1, 0.15) is 15.9 Å². The van der Waals surface area contributed by atoms with Crippen LogP contribution < -0.4 is 5.32 Å². The van der Waals surface area contributed by atoms with Crippen molar-refractivity contribution in [3.63, 3.8) is 0 Å². The number of halogens is 1. The highest BCUT2D eigenvalue weighted by Gasteiger charge is 2.36. The minimum absolute atomic E-state index is 0.0346. The summed E-state index contributed by atoms with van der Waals surface area (Å²) in [5.74, 6) is -0.844. The SMILES string of the molecule is CS(=O)(=O)CC[C@H](C(=O)NCc1ccccc1Cl)N1Cc2ccccc2C1=O. The molecule has 1 atom stereocenters. The Morgan fingerprint density at radius 1 is 1.18 bits per heavy atom. The number of hydrogen-bond acceptors (Lipinski definition) is 4. The third-order valence-corrected chi connectivity index (χ3v) is 6.05. The zero-order chi connectivity index (χ0) is 20.3. The van der Waals surface area contributed by atoms with Crippen LogP contribution in [0.2, 0.25) is 5.02 Å². The first-order chi connectivity index (χ1) is 13.3. The van der Waals surface area contributed by atoms with Gasteiger partial charge in [0.25, 0.3) is 5.91 Å². The number of fused-ring (bicyclic) bond motifs is 1. The van der Waals surface area contributed by atoms with Gasteiger partial charge in [-0.2, -0.15) is 0 Å². The molecule has 0 bridgehead atoms. The zero-order valence-electron chi connectivity index (χ0n) is 15.4. The number of nitrogens with zero attached hydrogens (tertiary/aromatic N) is 1. The lowest BCUT2D eigenvalue weighted by atomic mass is 10.1. The number of carbonyl (C=O) groups is 2. The van der Waals surface area contributed by atoms with Gasteiger partial charge in [0.05, 0.1) is 5.75 Å². The van der Waals surface area contributed by atoms with Gasteiger partial charge in [-0.25, -0.2) is 8.42 Å². The molecule has 0 saturated carbocycles. The Bertz CT molecular complexity index is 1010. The van der Waals surface area contributed by atoms with Gasteiger partial charge in [-0.05, 0) is 29.7 Å². The van der Waals surface area contributed by atoms with Gasteiger partial charge in [0.15, 0.2) is 0 Å². The molecule has 2 amide bonds. The Hall–Kier alpha value is -2.38. The van der Waals surface area contributed by atoms with Crippen molar-refractivity contribution in [3.05, 3.63) is 70.2 Å². The Labute approximate surface area is 169 Å². The van der Waals surface area contributed by atoms with Crippen LogP contribution in [0.5, 0.6) is 0 Å². The number of carbonyl (C=O) groups excluding carboxylic acids is 2. The predicted molar refractivity (Wildman–Crippen MR) is 108 cm³/mol. The Kier molecular flexibility index (Phi) is 6.05. The molecule has 8 heteroatoms. The second-order valence-corrected chi connectivity index (χ2v) is 9.50. The van der Waals surface area contributed by atoms with Gasteiger partial charge < -0.3 is 10.2 Å². The summed E-state index contributed by atoms with van der Waals surface area (Å²) in [7, 11) is -3.28. The second kappa shape index (κ2) is 8.32. The molecule has 28 heavy (non-hydrogen) atoms. The molecule has 0 aromatic heterocycles. The van der Waals surface area contributed by atoms with Crippen molar-refractivity contribution in [1.82, 2.24) is 10.2 Å².